The Morgan fingerprint density at radius 2 is 2.10 bits per heavy atom. The number of hydrogen-bond donors (Lipinski definition) is 1. The zero-order valence-corrected chi connectivity index (χ0v) is 19.1. The Hall–Kier alpha value is -2.55. The van der Waals surface area contributed by atoms with Crippen LogP contribution in [-0.2, 0) is 13.1 Å². The predicted octanol–water partition coefficient (Wildman–Crippen LogP) is 4.20. The highest BCUT2D eigenvalue weighted by Crippen LogP contribution is 2.29. The van der Waals surface area contributed by atoms with Gasteiger partial charge in [0, 0.05) is 37.4 Å². The Kier molecular flexibility index (Phi) is 7.25. The van der Waals surface area contributed by atoms with E-state index in [1.54, 1.807) is 39.4 Å². The fourth-order valence-electron chi connectivity index (χ4n) is 3.38. The molecule has 0 unspecified atom stereocenters. The maximum atomic E-state index is 13.0. The summed E-state index contributed by atoms with van der Waals surface area (Å²) in [4.78, 5) is 31.4. The minimum absolute atomic E-state index is 0. The maximum Gasteiger partial charge on any atom is 0.274 e. The summed E-state index contributed by atoms with van der Waals surface area (Å²) in [6, 6.07) is 5.42. The number of carbonyl (C=O) groups is 1. The highest BCUT2D eigenvalue weighted by Gasteiger charge is 2.30. The smallest absolute Gasteiger partial charge is 0.274 e. The second-order valence-electron chi connectivity index (χ2n) is 6.94. The molecule has 1 aromatic carbocycles. The quantitative estimate of drug-likeness (QED) is 0.570. The molecule has 0 radical (unpaired) electrons. The Balaban J connectivity index is 0.00000272. The number of pyridine rings is 1. The van der Waals surface area contributed by atoms with Crippen LogP contribution in [0.15, 0.2) is 40.8 Å². The summed E-state index contributed by atoms with van der Waals surface area (Å²) in [5.41, 5.74) is 0.543. The number of hydrogen-bond acceptors (Lipinski definition) is 6. The first-order valence-electron chi connectivity index (χ1n) is 9.56. The summed E-state index contributed by atoms with van der Waals surface area (Å²) < 4.78 is 7.21. The number of thiazole rings is 1. The highest BCUT2D eigenvalue weighted by molar-refractivity contribution is 7.13. The van der Waals surface area contributed by atoms with Crippen LogP contribution in [0.3, 0.4) is 0 Å². The molecule has 0 bridgehead atoms. The molecular formula is C21H21Cl2N3O4S. The van der Waals surface area contributed by atoms with Crippen molar-refractivity contribution in [1.29, 1.82) is 0 Å². The molecule has 1 amide bonds. The number of fused-ring (bicyclic) bond motifs is 1. The Bertz CT molecular complexity index is 1150. The number of aromatic hydroxyl groups is 1. The van der Waals surface area contributed by atoms with Crippen LogP contribution in [0.1, 0.15) is 29.4 Å². The number of rotatable bonds is 6. The molecule has 1 N–H and O–H groups in total. The fraction of sp³-hybridized carbons (Fsp3) is 0.286. The molecule has 0 aliphatic carbocycles. The van der Waals surface area contributed by atoms with Crippen LogP contribution in [0.2, 0.25) is 5.02 Å². The van der Waals surface area contributed by atoms with E-state index in [-0.39, 0.29) is 18.1 Å². The van der Waals surface area contributed by atoms with E-state index in [1.807, 2.05) is 13.0 Å². The van der Waals surface area contributed by atoms with E-state index in [2.05, 4.69) is 4.98 Å². The SMILES string of the molecule is CCCOc1ccc(CN2CCn3cc(-c4nccs4)c(=O)c(O)c3C2=O)cc1Cl.Cl. The standard InChI is InChI=1S/C21H20ClN3O4S.ClH/c1-2-8-29-16-4-3-13(10-15(16)22)11-25-7-6-24-12-14(20-23-5-9-30-20)18(26)19(27)17(24)21(25)28;/h3-5,9-10,12,27H,2,6-8,11H2,1H3;1H. The molecule has 0 atom stereocenters. The van der Waals surface area contributed by atoms with Crippen molar-refractivity contribution in [3.8, 4) is 22.1 Å². The van der Waals surface area contributed by atoms with Gasteiger partial charge in [-0.2, -0.15) is 0 Å². The van der Waals surface area contributed by atoms with Gasteiger partial charge in [0.15, 0.2) is 11.4 Å². The van der Waals surface area contributed by atoms with Gasteiger partial charge in [-0.1, -0.05) is 24.6 Å². The van der Waals surface area contributed by atoms with Crippen molar-refractivity contribution < 1.29 is 14.6 Å². The van der Waals surface area contributed by atoms with Crippen molar-refractivity contribution >= 4 is 41.3 Å². The van der Waals surface area contributed by atoms with E-state index in [0.29, 0.717) is 47.6 Å². The van der Waals surface area contributed by atoms with Crippen molar-refractivity contribution in [2.24, 2.45) is 0 Å². The first kappa shape index (κ1) is 23.1. The van der Waals surface area contributed by atoms with Gasteiger partial charge >= 0.3 is 0 Å². The molecule has 7 nitrogen and oxygen atoms in total. The molecule has 4 rings (SSSR count). The molecule has 31 heavy (non-hydrogen) atoms. The molecule has 10 heteroatoms. The van der Waals surface area contributed by atoms with Crippen molar-refractivity contribution in [2.45, 2.75) is 26.4 Å². The van der Waals surface area contributed by atoms with Gasteiger partial charge in [-0.25, -0.2) is 4.98 Å². The highest BCUT2D eigenvalue weighted by atomic mass is 35.5. The molecule has 164 valence electrons. The maximum absolute atomic E-state index is 13.0. The number of halogens is 2. The average Bonchev–Trinajstić information content (AvgIpc) is 3.26. The Morgan fingerprint density at radius 1 is 1.29 bits per heavy atom. The van der Waals surface area contributed by atoms with E-state index in [1.165, 1.54) is 11.3 Å². The normalized spacial score (nSPS) is 13.0. The molecule has 0 fully saturated rings. The monoisotopic (exact) mass is 481 g/mol. The summed E-state index contributed by atoms with van der Waals surface area (Å²) in [6.07, 6.45) is 4.08. The average molecular weight is 482 g/mol. The lowest BCUT2D eigenvalue weighted by molar-refractivity contribution is 0.0683. The largest absolute Gasteiger partial charge is 0.503 e. The van der Waals surface area contributed by atoms with Crippen LogP contribution < -0.4 is 10.2 Å². The van der Waals surface area contributed by atoms with Crippen LogP contribution in [0.25, 0.3) is 10.6 Å². The number of aromatic nitrogens is 2. The number of ether oxygens (including phenoxy) is 1. The second-order valence-corrected chi connectivity index (χ2v) is 8.24. The van der Waals surface area contributed by atoms with Gasteiger partial charge in [0.25, 0.3) is 5.91 Å². The van der Waals surface area contributed by atoms with Gasteiger partial charge in [0.1, 0.15) is 10.8 Å². The summed E-state index contributed by atoms with van der Waals surface area (Å²) >= 11 is 7.60. The van der Waals surface area contributed by atoms with Crippen LogP contribution >= 0.6 is 35.3 Å². The molecule has 3 heterocycles. The van der Waals surface area contributed by atoms with E-state index < -0.39 is 17.1 Å². The summed E-state index contributed by atoms with van der Waals surface area (Å²) in [6.45, 7) is 3.81. The predicted molar refractivity (Wildman–Crippen MR) is 123 cm³/mol. The topological polar surface area (TPSA) is 84.7 Å². The zero-order valence-electron chi connectivity index (χ0n) is 16.7. The number of amides is 1. The van der Waals surface area contributed by atoms with Gasteiger partial charge in [0.05, 0.1) is 17.2 Å². The van der Waals surface area contributed by atoms with Gasteiger partial charge in [-0.05, 0) is 24.1 Å². The lowest BCUT2D eigenvalue weighted by Gasteiger charge is -2.30. The van der Waals surface area contributed by atoms with Crippen molar-refractivity contribution in [2.75, 3.05) is 13.2 Å². The van der Waals surface area contributed by atoms with E-state index >= 15 is 0 Å². The van der Waals surface area contributed by atoms with Crippen LogP contribution in [0.4, 0.5) is 0 Å². The van der Waals surface area contributed by atoms with Crippen molar-refractivity contribution in [3.63, 3.8) is 0 Å². The number of carbonyl (C=O) groups excluding carboxylic acids is 1. The third-order valence-electron chi connectivity index (χ3n) is 4.85. The second kappa shape index (κ2) is 9.72. The number of benzene rings is 1. The Morgan fingerprint density at radius 3 is 2.77 bits per heavy atom. The molecular weight excluding hydrogens is 461 g/mol. The van der Waals surface area contributed by atoms with Crippen molar-refractivity contribution in [1.82, 2.24) is 14.5 Å². The zero-order chi connectivity index (χ0) is 21.3. The third-order valence-corrected chi connectivity index (χ3v) is 5.95. The van der Waals surface area contributed by atoms with Crippen LogP contribution in [-0.4, -0.2) is 38.6 Å². The lowest BCUT2D eigenvalue weighted by atomic mass is 10.1. The summed E-state index contributed by atoms with van der Waals surface area (Å²) in [5, 5.41) is 13.3. The lowest BCUT2D eigenvalue weighted by Crippen LogP contribution is -2.41. The summed E-state index contributed by atoms with van der Waals surface area (Å²) in [7, 11) is 0. The third kappa shape index (κ3) is 4.56. The van der Waals surface area contributed by atoms with E-state index in [9.17, 15) is 14.7 Å². The molecule has 0 spiro atoms. The fourth-order valence-corrected chi connectivity index (χ4v) is 4.28. The first-order valence-corrected chi connectivity index (χ1v) is 10.8. The minimum Gasteiger partial charge on any atom is -0.503 e. The summed E-state index contributed by atoms with van der Waals surface area (Å²) in [5.74, 6) is -0.334. The van der Waals surface area contributed by atoms with Crippen molar-refractivity contribution in [3.05, 3.63) is 62.5 Å². The van der Waals surface area contributed by atoms with Crippen LogP contribution in [0, 0.1) is 0 Å². The molecule has 3 aromatic rings. The Labute approximate surface area is 194 Å². The molecule has 2 aromatic heterocycles. The van der Waals surface area contributed by atoms with Gasteiger partial charge in [-0.15, -0.1) is 23.7 Å². The molecule has 0 saturated carbocycles. The molecule has 1 aliphatic rings. The number of nitrogens with zero attached hydrogens (tertiary/aromatic N) is 3. The minimum atomic E-state index is -0.591. The molecule has 0 saturated heterocycles. The van der Waals surface area contributed by atoms with E-state index in [0.717, 1.165) is 12.0 Å². The van der Waals surface area contributed by atoms with E-state index in [4.69, 9.17) is 16.3 Å². The van der Waals surface area contributed by atoms with Crippen LogP contribution in [0.5, 0.6) is 11.5 Å². The first-order chi connectivity index (χ1) is 14.5. The van der Waals surface area contributed by atoms with Gasteiger partial charge < -0.3 is 19.3 Å². The molecule has 1 aliphatic heterocycles. The van der Waals surface area contributed by atoms with Gasteiger partial charge in [-0.3, -0.25) is 9.59 Å². The van der Waals surface area contributed by atoms with Gasteiger partial charge in [0.2, 0.25) is 5.43 Å².